The van der Waals surface area contributed by atoms with E-state index in [1.54, 1.807) is 7.11 Å². The van der Waals surface area contributed by atoms with Crippen LogP contribution in [0.5, 0.6) is 5.75 Å². The van der Waals surface area contributed by atoms with Crippen molar-refractivity contribution in [2.45, 2.75) is 44.1 Å². The molecule has 2 aromatic rings. The highest BCUT2D eigenvalue weighted by molar-refractivity contribution is 5.94. The molecule has 0 aromatic heterocycles. The van der Waals surface area contributed by atoms with Gasteiger partial charge in [0.25, 0.3) is 5.91 Å². The first kappa shape index (κ1) is 21.3. The highest BCUT2D eigenvalue weighted by atomic mass is 35.5. The number of amides is 1. The lowest BCUT2D eigenvalue weighted by Gasteiger charge is -2.38. The van der Waals surface area contributed by atoms with Gasteiger partial charge >= 0.3 is 0 Å². The van der Waals surface area contributed by atoms with Crippen LogP contribution in [-0.2, 0) is 12.0 Å². The van der Waals surface area contributed by atoms with Crippen molar-refractivity contribution < 1.29 is 9.53 Å². The molecule has 27 heavy (non-hydrogen) atoms. The van der Waals surface area contributed by atoms with E-state index in [2.05, 4.69) is 17.4 Å². The van der Waals surface area contributed by atoms with Gasteiger partial charge in [-0.25, -0.2) is 0 Å². The summed E-state index contributed by atoms with van der Waals surface area (Å²) >= 11 is 0. The van der Waals surface area contributed by atoms with Crippen LogP contribution in [0.4, 0.5) is 0 Å². The molecule has 0 aliphatic heterocycles. The maximum Gasteiger partial charge on any atom is 0.251 e. The fourth-order valence-electron chi connectivity index (χ4n) is 3.88. The second kappa shape index (κ2) is 9.77. The first-order valence-corrected chi connectivity index (χ1v) is 9.39. The molecule has 0 bridgehead atoms. The Kier molecular flexibility index (Phi) is 7.69. The molecule has 2 aromatic carbocycles. The third-order valence-electron chi connectivity index (χ3n) is 5.55. The van der Waals surface area contributed by atoms with E-state index >= 15 is 0 Å². The van der Waals surface area contributed by atoms with E-state index in [-0.39, 0.29) is 23.7 Å². The van der Waals surface area contributed by atoms with Gasteiger partial charge in [-0.2, -0.15) is 0 Å². The summed E-state index contributed by atoms with van der Waals surface area (Å²) in [5, 5.41) is 3.17. The van der Waals surface area contributed by atoms with Gasteiger partial charge < -0.3 is 15.8 Å². The van der Waals surface area contributed by atoms with Crippen LogP contribution in [0, 0.1) is 0 Å². The van der Waals surface area contributed by atoms with Crippen LogP contribution in [0.25, 0.3) is 0 Å². The van der Waals surface area contributed by atoms with Crippen LogP contribution >= 0.6 is 12.4 Å². The molecule has 1 amide bonds. The van der Waals surface area contributed by atoms with Crippen molar-refractivity contribution in [2.24, 2.45) is 5.73 Å². The Balaban J connectivity index is 0.00000261. The molecule has 1 saturated carbocycles. The molecule has 0 heterocycles. The molecule has 3 rings (SSSR count). The molecule has 0 saturated heterocycles. The fourth-order valence-corrected chi connectivity index (χ4v) is 3.88. The van der Waals surface area contributed by atoms with Crippen molar-refractivity contribution in [3.63, 3.8) is 0 Å². The van der Waals surface area contributed by atoms with Crippen LogP contribution in [0.15, 0.2) is 48.5 Å². The minimum Gasteiger partial charge on any atom is -0.497 e. The third kappa shape index (κ3) is 5.02. The summed E-state index contributed by atoms with van der Waals surface area (Å²) in [6.45, 7) is 1.15. The minimum atomic E-state index is -0.0213. The summed E-state index contributed by atoms with van der Waals surface area (Å²) in [4.78, 5) is 12.6. The molecule has 0 radical (unpaired) electrons. The van der Waals surface area contributed by atoms with Crippen LogP contribution in [0.3, 0.4) is 0 Å². The van der Waals surface area contributed by atoms with Crippen LogP contribution in [0.1, 0.15) is 53.6 Å². The van der Waals surface area contributed by atoms with Crippen molar-refractivity contribution in [3.05, 3.63) is 65.2 Å². The number of ether oxygens (including phenoxy) is 1. The van der Waals surface area contributed by atoms with E-state index in [0.717, 1.165) is 24.2 Å². The number of nitrogens with two attached hydrogens (primary N) is 1. The van der Waals surface area contributed by atoms with Crippen LogP contribution in [0.2, 0.25) is 0 Å². The zero-order valence-corrected chi connectivity index (χ0v) is 16.7. The summed E-state index contributed by atoms with van der Waals surface area (Å²) in [6.07, 6.45) is 5.88. The number of hydrogen-bond donors (Lipinski definition) is 2. The standard InChI is InChI=1S/C22H28N2O2.ClH/c1-26-20-11-9-19(10-12-20)22(13-3-2-4-14-22)16-24-21(25)18-7-5-17(15-23)6-8-18;/h5-12H,2-4,13-16,23H2,1H3,(H,24,25);1H. The fraction of sp³-hybridized carbons (Fsp3) is 0.409. The molecule has 4 nitrogen and oxygen atoms in total. The highest BCUT2D eigenvalue weighted by Gasteiger charge is 2.34. The number of rotatable bonds is 6. The Labute approximate surface area is 167 Å². The molecule has 1 aliphatic carbocycles. The van der Waals surface area contributed by atoms with Crippen molar-refractivity contribution in [1.82, 2.24) is 5.32 Å². The van der Waals surface area contributed by atoms with E-state index in [9.17, 15) is 4.79 Å². The second-order valence-corrected chi connectivity index (χ2v) is 7.15. The van der Waals surface area contributed by atoms with Gasteiger partial charge in [-0.3, -0.25) is 4.79 Å². The predicted molar refractivity (Wildman–Crippen MR) is 112 cm³/mol. The maximum atomic E-state index is 12.6. The number of carbonyl (C=O) groups excluding carboxylic acids is 1. The van der Waals surface area contributed by atoms with E-state index in [4.69, 9.17) is 10.5 Å². The Hall–Kier alpha value is -2.04. The lowest BCUT2D eigenvalue weighted by atomic mass is 9.69. The zero-order chi connectivity index (χ0) is 18.4. The molecule has 0 spiro atoms. The van der Waals surface area contributed by atoms with Crippen molar-refractivity contribution in [3.8, 4) is 5.75 Å². The van der Waals surface area contributed by atoms with Crippen molar-refractivity contribution in [2.75, 3.05) is 13.7 Å². The zero-order valence-electron chi connectivity index (χ0n) is 15.9. The average Bonchev–Trinajstić information content (AvgIpc) is 2.73. The lowest BCUT2D eigenvalue weighted by Crippen LogP contribution is -2.42. The van der Waals surface area contributed by atoms with Gasteiger partial charge in [0.15, 0.2) is 0 Å². The topological polar surface area (TPSA) is 64.3 Å². The van der Waals surface area contributed by atoms with Crippen LogP contribution in [-0.4, -0.2) is 19.6 Å². The Morgan fingerprint density at radius 2 is 1.67 bits per heavy atom. The smallest absolute Gasteiger partial charge is 0.251 e. The first-order chi connectivity index (χ1) is 12.7. The molecule has 1 aliphatic rings. The minimum absolute atomic E-state index is 0. The highest BCUT2D eigenvalue weighted by Crippen LogP contribution is 2.39. The molecule has 1 fully saturated rings. The van der Waals surface area contributed by atoms with Crippen molar-refractivity contribution in [1.29, 1.82) is 0 Å². The van der Waals surface area contributed by atoms with E-state index in [1.165, 1.54) is 24.8 Å². The predicted octanol–water partition coefficient (Wildman–Crippen LogP) is 4.21. The summed E-state index contributed by atoms with van der Waals surface area (Å²) in [5.74, 6) is 0.843. The quantitative estimate of drug-likeness (QED) is 0.779. The molecule has 146 valence electrons. The number of nitrogens with one attached hydrogen (secondary N) is 1. The lowest BCUT2D eigenvalue weighted by molar-refractivity contribution is 0.0936. The van der Waals surface area contributed by atoms with Crippen molar-refractivity contribution >= 4 is 18.3 Å². The van der Waals surface area contributed by atoms with E-state index in [1.807, 2.05) is 36.4 Å². The number of carbonyl (C=O) groups is 1. The van der Waals surface area contributed by atoms with Gasteiger partial charge in [-0.15, -0.1) is 12.4 Å². The van der Waals surface area contributed by atoms with Crippen LogP contribution < -0.4 is 15.8 Å². The summed E-state index contributed by atoms with van der Waals surface area (Å²) < 4.78 is 5.29. The summed E-state index contributed by atoms with van der Waals surface area (Å²) in [6, 6.07) is 15.8. The van der Waals surface area contributed by atoms with Gasteiger partial charge in [0.2, 0.25) is 0 Å². The van der Waals surface area contributed by atoms with E-state index in [0.29, 0.717) is 18.7 Å². The summed E-state index contributed by atoms with van der Waals surface area (Å²) in [7, 11) is 1.68. The number of methoxy groups -OCH3 is 1. The molecule has 0 atom stereocenters. The normalized spacial score (nSPS) is 15.5. The molecular formula is C22H29ClN2O2. The molecule has 5 heteroatoms. The average molecular weight is 389 g/mol. The number of benzene rings is 2. The van der Waals surface area contributed by atoms with Gasteiger partial charge in [0.1, 0.15) is 5.75 Å². The van der Waals surface area contributed by atoms with Gasteiger partial charge in [-0.05, 0) is 48.2 Å². The number of halogens is 1. The van der Waals surface area contributed by atoms with E-state index < -0.39 is 0 Å². The third-order valence-corrected chi connectivity index (χ3v) is 5.55. The maximum absolute atomic E-state index is 12.6. The number of hydrogen-bond acceptors (Lipinski definition) is 3. The monoisotopic (exact) mass is 388 g/mol. The second-order valence-electron chi connectivity index (χ2n) is 7.15. The van der Waals surface area contributed by atoms with Gasteiger partial charge in [0.05, 0.1) is 7.11 Å². The molecular weight excluding hydrogens is 360 g/mol. The summed E-state index contributed by atoms with van der Waals surface area (Å²) in [5.41, 5.74) is 8.64. The largest absolute Gasteiger partial charge is 0.497 e. The Morgan fingerprint density at radius 1 is 1.04 bits per heavy atom. The molecule has 0 unspecified atom stereocenters. The van der Waals surface area contributed by atoms with Gasteiger partial charge in [-0.1, -0.05) is 43.5 Å². The molecule has 3 N–H and O–H groups in total. The van der Waals surface area contributed by atoms with Gasteiger partial charge in [0, 0.05) is 24.1 Å². The Bertz CT molecular complexity index is 723. The SMILES string of the molecule is COc1ccc(C2(CNC(=O)c3ccc(CN)cc3)CCCCC2)cc1.Cl. The first-order valence-electron chi connectivity index (χ1n) is 9.39. The Morgan fingerprint density at radius 3 is 2.22 bits per heavy atom.